The van der Waals surface area contributed by atoms with Crippen molar-refractivity contribution in [3.05, 3.63) is 47.8 Å². The molecular formula is C17H18FNO2. The van der Waals surface area contributed by atoms with Gasteiger partial charge in [0.2, 0.25) is 0 Å². The Bertz CT molecular complexity index is 657. The highest BCUT2D eigenvalue weighted by atomic mass is 19.1. The summed E-state index contributed by atoms with van der Waals surface area (Å²) in [5.74, 6) is 1.43. The van der Waals surface area contributed by atoms with E-state index in [-0.39, 0.29) is 5.82 Å². The van der Waals surface area contributed by atoms with E-state index in [1.807, 2.05) is 24.3 Å². The van der Waals surface area contributed by atoms with Crippen LogP contribution in [-0.4, -0.2) is 13.2 Å². The first-order valence-electron chi connectivity index (χ1n) is 7.06. The second-order valence-corrected chi connectivity index (χ2v) is 5.41. The molecule has 4 heteroatoms. The molecule has 2 N–H and O–H groups in total. The Hall–Kier alpha value is -2.07. The quantitative estimate of drug-likeness (QED) is 0.921. The summed E-state index contributed by atoms with van der Waals surface area (Å²) in [4.78, 5) is 0. The lowest BCUT2D eigenvalue weighted by molar-refractivity contribution is 0.228. The highest BCUT2D eigenvalue weighted by Crippen LogP contribution is 2.35. The van der Waals surface area contributed by atoms with Gasteiger partial charge in [0.1, 0.15) is 5.82 Å². The fourth-order valence-electron chi connectivity index (χ4n) is 2.34. The second-order valence-electron chi connectivity index (χ2n) is 5.41. The van der Waals surface area contributed by atoms with E-state index in [4.69, 9.17) is 15.2 Å². The van der Waals surface area contributed by atoms with Crippen LogP contribution in [0.25, 0.3) is 11.1 Å². The minimum absolute atomic E-state index is 0.277. The molecule has 0 amide bonds. The van der Waals surface area contributed by atoms with Gasteiger partial charge in [0, 0.05) is 18.0 Å². The van der Waals surface area contributed by atoms with E-state index in [0.717, 1.165) is 11.1 Å². The average Bonchev–Trinajstić information content (AvgIpc) is 2.69. The highest BCUT2D eigenvalue weighted by Gasteiger charge is 2.16. The molecule has 110 valence electrons. The third-order valence-electron chi connectivity index (χ3n) is 3.57. The first-order valence-corrected chi connectivity index (χ1v) is 7.06. The normalized spacial score (nSPS) is 17.4. The van der Waals surface area contributed by atoms with Gasteiger partial charge in [0.25, 0.3) is 0 Å². The molecule has 0 fully saturated rings. The number of benzene rings is 2. The Morgan fingerprint density at radius 2 is 1.86 bits per heavy atom. The Morgan fingerprint density at radius 1 is 1.10 bits per heavy atom. The number of fused-ring (bicyclic) bond motifs is 1. The minimum Gasteiger partial charge on any atom is -0.489 e. The summed E-state index contributed by atoms with van der Waals surface area (Å²) in [5, 5.41) is 0. The molecular weight excluding hydrogens is 269 g/mol. The average molecular weight is 287 g/mol. The Morgan fingerprint density at radius 3 is 2.57 bits per heavy atom. The van der Waals surface area contributed by atoms with Gasteiger partial charge in [-0.1, -0.05) is 25.1 Å². The van der Waals surface area contributed by atoms with E-state index in [9.17, 15) is 4.39 Å². The predicted octanol–water partition coefficient (Wildman–Crippen LogP) is 3.36. The molecule has 21 heavy (non-hydrogen) atoms. The summed E-state index contributed by atoms with van der Waals surface area (Å²) >= 11 is 0. The topological polar surface area (TPSA) is 44.5 Å². The molecule has 0 aliphatic carbocycles. The fraction of sp³-hybridized carbons (Fsp3) is 0.294. The standard InChI is InChI=1S/C17H18FNO2/c1-11-9-20-16-5-3-13(7-17(16)21-10-11)14-4-2-12(8-19)6-15(14)18/h2-7,11H,8-10,19H2,1H3. The third kappa shape index (κ3) is 2.85. The third-order valence-corrected chi connectivity index (χ3v) is 3.57. The summed E-state index contributed by atoms with van der Waals surface area (Å²) in [6.07, 6.45) is 0. The SMILES string of the molecule is CC1COc2ccc(-c3ccc(CN)cc3F)cc2OC1. The van der Waals surface area contributed by atoms with Crippen molar-refractivity contribution in [3.63, 3.8) is 0 Å². The van der Waals surface area contributed by atoms with Crippen LogP contribution < -0.4 is 15.2 Å². The molecule has 2 aromatic rings. The van der Waals surface area contributed by atoms with Crippen molar-refractivity contribution in [1.82, 2.24) is 0 Å². The molecule has 1 aliphatic heterocycles. The van der Waals surface area contributed by atoms with Crippen LogP contribution in [0, 0.1) is 11.7 Å². The fourth-order valence-corrected chi connectivity index (χ4v) is 2.34. The molecule has 1 aliphatic rings. The van der Waals surface area contributed by atoms with Crippen molar-refractivity contribution >= 4 is 0 Å². The van der Waals surface area contributed by atoms with E-state index < -0.39 is 0 Å². The largest absolute Gasteiger partial charge is 0.489 e. The van der Waals surface area contributed by atoms with Gasteiger partial charge in [-0.2, -0.15) is 0 Å². The second kappa shape index (κ2) is 5.74. The zero-order valence-electron chi connectivity index (χ0n) is 11.9. The van der Waals surface area contributed by atoms with Gasteiger partial charge in [0.05, 0.1) is 13.2 Å². The van der Waals surface area contributed by atoms with Crippen LogP contribution in [0.5, 0.6) is 11.5 Å². The molecule has 1 heterocycles. The molecule has 3 rings (SSSR count). The maximum atomic E-state index is 14.2. The van der Waals surface area contributed by atoms with Gasteiger partial charge >= 0.3 is 0 Å². The van der Waals surface area contributed by atoms with E-state index >= 15 is 0 Å². The Labute approximate surface area is 123 Å². The van der Waals surface area contributed by atoms with E-state index in [1.165, 1.54) is 6.07 Å². The zero-order valence-corrected chi connectivity index (χ0v) is 11.9. The molecule has 1 atom stereocenters. The smallest absolute Gasteiger partial charge is 0.161 e. The summed E-state index contributed by atoms with van der Waals surface area (Å²) in [6.45, 7) is 3.63. The Balaban J connectivity index is 1.97. The van der Waals surface area contributed by atoms with Gasteiger partial charge in [-0.15, -0.1) is 0 Å². The molecule has 0 spiro atoms. The molecule has 0 radical (unpaired) electrons. The van der Waals surface area contributed by atoms with E-state index in [0.29, 0.717) is 42.7 Å². The molecule has 3 nitrogen and oxygen atoms in total. The lowest BCUT2D eigenvalue weighted by atomic mass is 10.0. The lowest BCUT2D eigenvalue weighted by Crippen LogP contribution is -2.12. The van der Waals surface area contributed by atoms with E-state index in [2.05, 4.69) is 6.92 Å². The monoisotopic (exact) mass is 287 g/mol. The maximum Gasteiger partial charge on any atom is 0.161 e. The Kier molecular flexibility index (Phi) is 3.80. The van der Waals surface area contributed by atoms with Crippen molar-refractivity contribution in [2.45, 2.75) is 13.5 Å². The van der Waals surface area contributed by atoms with Crippen molar-refractivity contribution < 1.29 is 13.9 Å². The number of hydrogen-bond acceptors (Lipinski definition) is 3. The van der Waals surface area contributed by atoms with Crippen LogP contribution >= 0.6 is 0 Å². The number of halogens is 1. The maximum absolute atomic E-state index is 14.2. The molecule has 1 unspecified atom stereocenters. The van der Waals surface area contributed by atoms with Crippen LogP contribution in [0.4, 0.5) is 4.39 Å². The number of hydrogen-bond donors (Lipinski definition) is 1. The van der Waals surface area contributed by atoms with Crippen LogP contribution in [0.15, 0.2) is 36.4 Å². The van der Waals surface area contributed by atoms with Crippen LogP contribution in [-0.2, 0) is 6.54 Å². The summed E-state index contributed by atoms with van der Waals surface area (Å²) in [5.41, 5.74) is 7.61. The molecule has 2 aromatic carbocycles. The summed E-state index contributed by atoms with van der Waals surface area (Å²) < 4.78 is 25.6. The van der Waals surface area contributed by atoms with E-state index in [1.54, 1.807) is 6.07 Å². The molecule has 0 saturated carbocycles. The number of rotatable bonds is 2. The number of nitrogens with two attached hydrogens (primary N) is 1. The molecule has 0 aromatic heterocycles. The first kappa shape index (κ1) is 13.9. The van der Waals surface area contributed by atoms with Crippen molar-refractivity contribution in [2.75, 3.05) is 13.2 Å². The van der Waals surface area contributed by atoms with Gasteiger partial charge in [0.15, 0.2) is 11.5 Å². The lowest BCUT2D eigenvalue weighted by Gasteiger charge is -2.10. The van der Waals surface area contributed by atoms with Gasteiger partial charge in [-0.3, -0.25) is 0 Å². The van der Waals surface area contributed by atoms with Crippen molar-refractivity contribution in [1.29, 1.82) is 0 Å². The first-order chi connectivity index (χ1) is 10.2. The van der Waals surface area contributed by atoms with Crippen LogP contribution in [0.3, 0.4) is 0 Å². The van der Waals surface area contributed by atoms with Gasteiger partial charge < -0.3 is 15.2 Å². The number of ether oxygens (including phenoxy) is 2. The minimum atomic E-state index is -0.277. The molecule has 0 bridgehead atoms. The van der Waals surface area contributed by atoms with Crippen molar-refractivity contribution in [2.24, 2.45) is 11.7 Å². The summed E-state index contributed by atoms with van der Waals surface area (Å²) in [7, 11) is 0. The molecule has 0 saturated heterocycles. The van der Waals surface area contributed by atoms with Crippen LogP contribution in [0.2, 0.25) is 0 Å². The summed E-state index contributed by atoms with van der Waals surface area (Å²) in [6, 6.07) is 10.6. The zero-order chi connectivity index (χ0) is 14.8. The van der Waals surface area contributed by atoms with Gasteiger partial charge in [-0.05, 0) is 29.3 Å². The highest BCUT2D eigenvalue weighted by molar-refractivity contribution is 5.68. The van der Waals surface area contributed by atoms with Crippen LogP contribution in [0.1, 0.15) is 12.5 Å². The predicted molar refractivity (Wildman–Crippen MR) is 79.9 cm³/mol. The van der Waals surface area contributed by atoms with Gasteiger partial charge in [-0.25, -0.2) is 4.39 Å². The van der Waals surface area contributed by atoms with Crippen molar-refractivity contribution in [3.8, 4) is 22.6 Å².